The topological polar surface area (TPSA) is 21.3 Å². The van der Waals surface area contributed by atoms with Crippen LogP contribution in [0, 0.1) is 17.8 Å². The quantitative estimate of drug-likeness (QED) is 0.643. The molecule has 0 bridgehead atoms. The Morgan fingerprint density at radius 1 is 1.25 bits per heavy atom. The van der Waals surface area contributed by atoms with Gasteiger partial charge < -0.3 is 10.1 Å². The summed E-state index contributed by atoms with van der Waals surface area (Å²) >= 11 is 0. The molecule has 1 rings (SSSR count). The molecule has 0 aromatic carbocycles. The van der Waals surface area contributed by atoms with E-state index in [0.717, 1.165) is 30.9 Å². The Hall–Kier alpha value is -0.0800. The minimum atomic E-state index is 0.829. The van der Waals surface area contributed by atoms with Crippen LogP contribution in [0.5, 0.6) is 0 Å². The first kappa shape index (κ1) is 14.0. The predicted molar refractivity (Wildman–Crippen MR) is 69.6 cm³/mol. The lowest BCUT2D eigenvalue weighted by Crippen LogP contribution is -2.30. The summed E-state index contributed by atoms with van der Waals surface area (Å²) in [5.74, 6) is 2.70. The summed E-state index contributed by atoms with van der Waals surface area (Å²) in [4.78, 5) is 0. The Kier molecular flexibility index (Phi) is 7.06. The molecule has 16 heavy (non-hydrogen) atoms. The van der Waals surface area contributed by atoms with E-state index in [1.54, 1.807) is 7.11 Å². The van der Waals surface area contributed by atoms with Crippen LogP contribution in [-0.2, 0) is 4.74 Å². The van der Waals surface area contributed by atoms with Crippen molar-refractivity contribution in [3.8, 4) is 0 Å². The van der Waals surface area contributed by atoms with Gasteiger partial charge in [-0.1, -0.05) is 39.5 Å². The lowest BCUT2D eigenvalue weighted by atomic mass is 9.84. The average Bonchev–Trinajstić information content (AvgIpc) is 2.75. The maximum absolute atomic E-state index is 5.07. The lowest BCUT2D eigenvalue weighted by molar-refractivity contribution is 0.192. The van der Waals surface area contributed by atoms with Crippen molar-refractivity contribution in [2.75, 3.05) is 26.8 Å². The third kappa shape index (κ3) is 5.31. The van der Waals surface area contributed by atoms with E-state index in [1.807, 2.05) is 0 Å². The standard InChI is InChI=1S/C14H29NO/c1-12(2)10-14(11-15-8-9-16-3)13-6-4-5-7-13/h12-15H,4-11H2,1-3H3. The van der Waals surface area contributed by atoms with E-state index in [9.17, 15) is 0 Å². The van der Waals surface area contributed by atoms with Gasteiger partial charge >= 0.3 is 0 Å². The SMILES string of the molecule is COCCNCC(CC(C)C)C1CCCC1. The van der Waals surface area contributed by atoms with E-state index in [1.165, 1.54) is 38.6 Å². The highest BCUT2D eigenvalue weighted by Gasteiger charge is 2.25. The van der Waals surface area contributed by atoms with Crippen molar-refractivity contribution < 1.29 is 4.74 Å². The maximum atomic E-state index is 5.07. The molecule has 1 aliphatic rings. The highest BCUT2D eigenvalue weighted by molar-refractivity contribution is 4.77. The fraction of sp³-hybridized carbons (Fsp3) is 1.00. The molecule has 1 atom stereocenters. The van der Waals surface area contributed by atoms with Gasteiger partial charge in [0.1, 0.15) is 0 Å². The molecule has 2 heteroatoms. The molecule has 0 saturated heterocycles. The molecule has 0 spiro atoms. The molecule has 96 valence electrons. The van der Waals surface area contributed by atoms with Crippen molar-refractivity contribution >= 4 is 0 Å². The second-order valence-corrected chi connectivity index (χ2v) is 5.63. The van der Waals surface area contributed by atoms with Crippen molar-refractivity contribution in [2.45, 2.75) is 46.0 Å². The molecule has 0 heterocycles. The van der Waals surface area contributed by atoms with Crippen LogP contribution < -0.4 is 5.32 Å². The summed E-state index contributed by atoms with van der Waals surface area (Å²) in [6, 6.07) is 0. The molecule has 1 saturated carbocycles. The Bertz CT molecular complexity index is 164. The zero-order chi connectivity index (χ0) is 11.8. The average molecular weight is 227 g/mol. The number of nitrogens with one attached hydrogen (secondary N) is 1. The molecule has 1 aliphatic carbocycles. The van der Waals surface area contributed by atoms with Gasteiger partial charge in [-0.2, -0.15) is 0 Å². The van der Waals surface area contributed by atoms with Crippen LogP contribution in [0.1, 0.15) is 46.0 Å². The van der Waals surface area contributed by atoms with Gasteiger partial charge in [-0.3, -0.25) is 0 Å². The van der Waals surface area contributed by atoms with Crippen LogP contribution in [0.4, 0.5) is 0 Å². The summed E-state index contributed by atoms with van der Waals surface area (Å²) in [6.07, 6.45) is 7.21. The monoisotopic (exact) mass is 227 g/mol. The van der Waals surface area contributed by atoms with Gasteiger partial charge in [-0.25, -0.2) is 0 Å². The van der Waals surface area contributed by atoms with Crippen LogP contribution in [0.3, 0.4) is 0 Å². The van der Waals surface area contributed by atoms with E-state index in [2.05, 4.69) is 19.2 Å². The first-order valence-corrected chi connectivity index (χ1v) is 6.93. The summed E-state index contributed by atoms with van der Waals surface area (Å²) in [5.41, 5.74) is 0. The van der Waals surface area contributed by atoms with E-state index in [4.69, 9.17) is 4.74 Å². The summed E-state index contributed by atoms with van der Waals surface area (Å²) in [6.45, 7) is 7.71. The number of ether oxygens (including phenoxy) is 1. The second-order valence-electron chi connectivity index (χ2n) is 5.63. The molecule has 2 nitrogen and oxygen atoms in total. The minimum Gasteiger partial charge on any atom is -0.383 e. The lowest BCUT2D eigenvalue weighted by Gasteiger charge is -2.25. The van der Waals surface area contributed by atoms with Crippen LogP contribution in [0.15, 0.2) is 0 Å². The Morgan fingerprint density at radius 2 is 1.94 bits per heavy atom. The van der Waals surface area contributed by atoms with Crippen molar-refractivity contribution in [1.82, 2.24) is 5.32 Å². The zero-order valence-corrected chi connectivity index (χ0v) is 11.3. The smallest absolute Gasteiger partial charge is 0.0587 e. The fourth-order valence-electron chi connectivity index (χ4n) is 2.94. The van der Waals surface area contributed by atoms with Crippen LogP contribution in [0.2, 0.25) is 0 Å². The molecular weight excluding hydrogens is 198 g/mol. The third-order valence-corrected chi connectivity index (χ3v) is 3.73. The second kappa shape index (κ2) is 8.08. The highest BCUT2D eigenvalue weighted by Crippen LogP contribution is 2.34. The van der Waals surface area contributed by atoms with Crippen molar-refractivity contribution in [1.29, 1.82) is 0 Å². The zero-order valence-electron chi connectivity index (χ0n) is 11.3. The van der Waals surface area contributed by atoms with E-state index in [0.29, 0.717) is 0 Å². The molecule has 1 unspecified atom stereocenters. The normalized spacial score (nSPS) is 19.5. The van der Waals surface area contributed by atoms with Gasteiger partial charge in [-0.05, 0) is 30.7 Å². The fourth-order valence-corrected chi connectivity index (χ4v) is 2.94. The first-order valence-electron chi connectivity index (χ1n) is 6.93. The van der Waals surface area contributed by atoms with E-state index >= 15 is 0 Å². The largest absolute Gasteiger partial charge is 0.383 e. The first-order chi connectivity index (χ1) is 7.74. The number of hydrogen-bond acceptors (Lipinski definition) is 2. The van der Waals surface area contributed by atoms with Gasteiger partial charge in [0.05, 0.1) is 6.61 Å². The molecule has 0 aliphatic heterocycles. The van der Waals surface area contributed by atoms with Crippen LogP contribution >= 0.6 is 0 Å². The summed E-state index contributed by atoms with van der Waals surface area (Å²) in [7, 11) is 1.77. The molecular formula is C14H29NO. The molecule has 0 aromatic rings. The van der Waals surface area contributed by atoms with Gasteiger partial charge in [0.2, 0.25) is 0 Å². The molecule has 1 fully saturated rings. The van der Waals surface area contributed by atoms with Crippen LogP contribution in [0.25, 0.3) is 0 Å². The highest BCUT2D eigenvalue weighted by atomic mass is 16.5. The third-order valence-electron chi connectivity index (χ3n) is 3.73. The number of methoxy groups -OCH3 is 1. The predicted octanol–water partition coefficient (Wildman–Crippen LogP) is 3.07. The minimum absolute atomic E-state index is 0.829. The summed E-state index contributed by atoms with van der Waals surface area (Å²) < 4.78 is 5.07. The van der Waals surface area contributed by atoms with E-state index < -0.39 is 0 Å². The summed E-state index contributed by atoms with van der Waals surface area (Å²) in [5, 5.41) is 3.54. The molecule has 0 amide bonds. The molecule has 0 aromatic heterocycles. The molecule has 1 N–H and O–H groups in total. The van der Waals surface area contributed by atoms with Crippen molar-refractivity contribution in [3.05, 3.63) is 0 Å². The number of hydrogen-bond donors (Lipinski definition) is 1. The Labute approximate surface area is 101 Å². The maximum Gasteiger partial charge on any atom is 0.0587 e. The molecule has 0 radical (unpaired) electrons. The van der Waals surface area contributed by atoms with Gasteiger partial charge in [0, 0.05) is 13.7 Å². The van der Waals surface area contributed by atoms with Crippen molar-refractivity contribution in [2.24, 2.45) is 17.8 Å². The van der Waals surface area contributed by atoms with E-state index in [-0.39, 0.29) is 0 Å². The van der Waals surface area contributed by atoms with Gasteiger partial charge in [-0.15, -0.1) is 0 Å². The Morgan fingerprint density at radius 3 is 2.50 bits per heavy atom. The van der Waals surface area contributed by atoms with Crippen LogP contribution in [-0.4, -0.2) is 26.8 Å². The van der Waals surface area contributed by atoms with Gasteiger partial charge in [0.15, 0.2) is 0 Å². The van der Waals surface area contributed by atoms with Crippen molar-refractivity contribution in [3.63, 3.8) is 0 Å². The Balaban J connectivity index is 2.25. The number of rotatable bonds is 8. The van der Waals surface area contributed by atoms with Gasteiger partial charge in [0.25, 0.3) is 0 Å².